The Labute approximate surface area is 160 Å². The van der Waals surface area contributed by atoms with Gasteiger partial charge in [-0.15, -0.1) is 0 Å². The van der Waals surface area contributed by atoms with E-state index in [4.69, 9.17) is 10.5 Å². The third-order valence-corrected chi connectivity index (χ3v) is 3.48. The molecule has 0 radical (unpaired) electrons. The highest BCUT2D eigenvalue weighted by Gasteiger charge is 2.22. The van der Waals surface area contributed by atoms with E-state index in [2.05, 4.69) is 19.2 Å². The number of rotatable bonds is 6. The van der Waals surface area contributed by atoms with Crippen molar-refractivity contribution in [2.24, 2.45) is 5.73 Å². The standard InChI is InChI=1S/C20H28N4O3/c1-14(2)15-6-8-17(9-7-15)23-18(25)16(12-22)13-24(11-10-21)19(26)27-20(3,4)5/h6-9,13-14H,10-11,21H2,1-5H3,(H,23,25)/b16-13-. The van der Waals surface area contributed by atoms with Crippen molar-refractivity contribution in [1.82, 2.24) is 4.90 Å². The number of benzene rings is 1. The van der Waals surface area contributed by atoms with Crippen LogP contribution in [-0.2, 0) is 9.53 Å². The molecule has 2 amide bonds. The number of carbonyl (C=O) groups is 2. The Balaban J connectivity index is 2.95. The Morgan fingerprint density at radius 2 is 1.89 bits per heavy atom. The minimum Gasteiger partial charge on any atom is -0.443 e. The fraction of sp³-hybridized carbons (Fsp3) is 0.450. The van der Waals surface area contributed by atoms with E-state index < -0.39 is 17.6 Å². The van der Waals surface area contributed by atoms with Crippen molar-refractivity contribution in [3.63, 3.8) is 0 Å². The Hall–Kier alpha value is -2.85. The molecule has 0 atom stereocenters. The van der Waals surface area contributed by atoms with Crippen molar-refractivity contribution in [1.29, 1.82) is 5.26 Å². The van der Waals surface area contributed by atoms with Gasteiger partial charge >= 0.3 is 6.09 Å². The third-order valence-electron chi connectivity index (χ3n) is 3.48. The van der Waals surface area contributed by atoms with Crippen LogP contribution in [0.25, 0.3) is 0 Å². The van der Waals surface area contributed by atoms with Crippen molar-refractivity contribution in [2.45, 2.75) is 46.1 Å². The average molecular weight is 372 g/mol. The third kappa shape index (κ3) is 7.50. The Morgan fingerprint density at radius 1 is 1.30 bits per heavy atom. The molecule has 0 spiro atoms. The summed E-state index contributed by atoms with van der Waals surface area (Å²) < 4.78 is 5.28. The topological polar surface area (TPSA) is 108 Å². The van der Waals surface area contributed by atoms with Crippen LogP contribution in [-0.4, -0.2) is 35.6 Å². The molecule has 0 aliphatic carbocycles. The van der Waals surface area contributed by atoms with Gasteiger partial charge in [0.25, 0.3) is 5.91 Å². The maximum atomic E-state index is 12.4. The van der Waals surface area contributed by atoms with Crippen molar-refractivity contribution >= 4 is 17.7 Å². The molecule has 7 heteroatoms. The number of amides is 2. The molecule has 0 heterocycles. The van der Waals surface area contributed by atoms with Gasteiger partial charge in [0.05, 0.1) is 0 Å². The lowest BCUT2D eigenvalue weighted by atomic mass is 10.0. The number of hydrogen-bond acceptors (Lipinski definition) is 5. The molecule has 0 aliphatic rings. The maximum absolute atomic E-state index is 12.4. The van der Waals surface area contributed by atoms with Crippen LogP contribution in [0.4, 0.5) is 10.5 Å². The van der Waals surface area contributed by atoms with Crippen LogP contribution in [0, 0.1) is 11.3 Å². The second-order valence-electron chi connectivity index (χ2n) is 7.35. The average Bonchev–Trinajstić information content (AvgIpc) is 2.57. The molecule has 7 nitrogen and oxygen atoms in total. The first-order valence-electron chi connectivity index (χ1n) is 8.80. The van der Waals surface area contributed by atoms with Crippen LogP contribution in [0.15, 0.2) is 36.0 Å². The summed E-state index contributed by atoms with van der Waals surface area (Å²) in [5.41, 5.74) is 6.31. The molecule has 1 aromatic rings. The summed E-state index contributed by atoms with van der Waals surface area (Å²) >= 11 is 0. The highest BCUT2D eigenvalue weighted by atomic mass is 16.6. The summed E-state index contributed by atoms with van der Waals surface area (Å²) in [4.78, 5) is 25.8. The lowest BCUT2D eigenvalue weighted by Crippen LogP contribution is -2.37. The van der Waals surface area contributed by atoms with Gasteiger partial charge in [-0.1, -0.05) is 26.0 Å². The molecule has 0 aliphatic heterocycles. The summed E-state index contributed by atoms with van der Waals surface area (Å²) in [7, 11) is 0. The molecule has 27 heavy (non-hydrogen) atoms. The largest absolute Gasteiger partial charge is 0.443 e. The van der Waals surface area contributed by atoms with Crippen molar-refractivity contribution in [2.75, 3.05) is 18.4 Å². The molecule has 0 fully saturated rings. The van der Waals surface area contributed by atoms with E-state index in [1.807, 2.05) is 18.2 Å². The summed E-state index contributed by atoms with van der Waals surface area (Å²) in [5, 5.41) is 12.0. The van der Waals surface area contributed by atoms with Crippen molar-refractivity contribution in [3.8, 4) is 6.07 Å². The van der Waals surface area contributed by atoms with Gasteiger partial charge in [-0.3, -0.25) is 9.69 Å². The monoisotopic (exact) mass is 372 g/mol. The van der Waals surface area contributed by atoms with Gasteiger partial charge in [0, 0.05) is 25.0 Å². The number of nitriles is 1. The zero-order valence-corrected chi connectivity index (χ0v) is 16.6. The first kappa shape index (κ1) is 22.2. The first-order chi connectivity index (χ1) is 12.6. The smallest absolute Gasteiger partial charge is 0.414 e. The van der Waals surface area contributed by atoms with E-state index in [-0.39, 0.29) is 18.7 Å². The highest BCUT2D eigenvalue weighted by Crippen LogP contribution is 2.18. The molecular formula is C20H28N4O3. The predicted octanol–water partition coefficient (Wildman–Crippen LogP) is 3.35. The number of ether oxygens (including phenoxy) is 1. The molecule has 0 unspecified atom stereocenters. The molecule has 1 aromatic carbocycles. The van der Waals surface area contributed by atoms with Crippen LogP contribution in [0.3, 0.4) is 0 Å². The van der Waals surface area contributed by atoms with Gasteiger partial charge in [0.15, 0.2) is 0 Å². The van der Waals surface area contributed by atoms with Crippen molar-refractivity contribution in [3.05, 3.63) is 41.6 Å². The van der Waals surface area contributed by atoms with E-state index in [0.29, 0.717) is 11.6 Å². The molecule has 0 aromatic heterocycles. The van der Waals surface area contributed by atoms with E-state index in [1.54, 1.807) is 32.9 Å². The lowest BCUT2D eigenvalue weighted by molar-refractivity contribution is -0.112. The fourth-order valence-corrected chi connectivity index (χ4v) is 2.11. The van der Waals surface area contributed by atoms with E-state index in [9.17, 15) is 14.9 Å². The Kier molecular flexibility index (Phi) is 8.00. The second kappa shape index (κ2) is 9.74. The normalized spacial score (nSPS) is 11.7. The van der Waals surface area contributed by atoms with E-state index in [1.165, 1.54) is 6.20 Å². The lowest BCUT2D eigenvalue weighted by Gasteiger charge is -2.25. The quantitative estimate of drug-likeness (QED) is 0.588. The minimum absolute atomic E-state index is 0.121. The number of nitrogens with one attached hydrogen (secondary N) is 1. The Bertz CT molecular complexity index is 725. The second-order valence-corrected chi connectivity index (χ2v) is 7.35. The summed E-state index contributed by atoms with van der Waals surface area (Å²) in [5.74, 6) is -0.233. The summed E-state index contributed by atoms with van der Waals surface area (Å²) in [6, 6.07) is 9.19. The fourth-order valence-electron chi connectivity index (χ4n) is 2.11. The summed E-state index contributed by atoms with van der Waals surface area (Å²) in [6.45, 7) is 9.62. The molecule has 0 saturated carbocycles. The number of anilines is 1. The van der Waals surface area contributed by atoms with Crippen LogP contribution >= 0.6 is 0 Å². The van der Waals surface area contributed by atoms with Gasteiger partial charge in [0.2, 0.25) is 0 Å². The molecule has 1 rings (SSSR count). The van der Waals surface area contributed by atoms with Crippen LogP contribution in [0.2, 0.25) is 0 Å². The van der Waals surface area contributed by atoms with Gasteiger partial charge in [-0.2, -0.15) is 5.26 Å². The van der Waals surface area contributed by atoms with Crippen molar-refractivity contribution < 1.29 is 14.3 Å². The molecule has 3 N–H and O–H groups in total. The zero-order valence-electron chi connectivity index (χ0n) is 16.6. The van der Waals surface area contributed by atoms with Gasteiger partial charge in [-0.25, -0.2) is 4.79 Å². The van der Waals surface area contributed by atoms with Gasteiger partial charge in [-0.05, 0) is 44.4 Å². The van der Waals surface area contributed by atoms with Gasteiger partial charge < -0.3 is 15.8 Å². The molecule has 146 valence electrons. The maximum Gasteiger partial charge on any atom is 0.414 e. The van der Waals surface area contributed by atoms with Crippen LogP contribution in [0.5, 0.6) is 0 Å². The molecule has 0 bridgehead atoms. The number of nitrogens with two attached hydrogens (primary N) is 1. The first-order valence-corrected chi connectivity index (χ1v) is 8.80. The molecular weight excluding hydrogens is 344 g/mol. The number of nitrogens with zero attached hydrogens (tertiary/aromatic N) is 2. The number of hydrogen-bond donors (Lipinski definition) is 2. The summed E-state index contributed by atoms with van der Waals surface area (Å²) in [6.07, 6.45) is 0.494. The minimum atomic E-state index is -0.703. The highest BCUT2D eigenvalue weighted by molar-refractivity contribution is 6.06. The van der Waals surface area contributed by atoms with E-state index >= 15 is 0 Å². The molecule has 0 saturated heterocycles. The van der Waals surface area contributed by atoms with E-state index in [0.717, 1.165) is 10.5 Å². The van der Waals surface area contributed by atoms with Crippen LogP contribution < -0.4 is 11.1 Å². The SMILES string of the molecule is CC(C)c1ccc(NC(=O)/C(C#N)=C\N(CCN)C(=O)OC(C)(C)C)cc1. The Morgan fingerprint density at radius 3 is 2.33 bits per heavy atom. The predicted molar refractivity (Wildman–Crippen MR) is 105 cm³/mol. The number of carbonyl (C=O) groups excluding carboxylic acids is 2. The van der Waals surface area contributed by atoms with Gasteiger partial charge in [0.1, 0.15) is 17.2 Å². The zero-order chi connectivity index (χ0) is 20.6. The van der Waals surface area contributed by atoms with Crippen LogP contribution in [0.1, 0.15) is 46.1 Å².